The average Bonchev–Trinajstić information content (AvgIpc) is 2.94. The quantitative estimate of drug-likeness (QED) is 0.148. The fourth-order valence-corrected chi connectivity index (χ4v) is 5.05. The molecule has 1 aliphatic heterocycles. The second-order valence-electron chi connectivity index (χ2n) is 11.2. The number of nitrogens with one attached hydrogen (secondary N) is 1. The molecule has 236 valence electrons. The molecule has 45 heavy (non-hydrogen) atoms. The van der Waals surface area contributed by atoms with Gasteiger partial charge in [-0.1, -0.05) is 29.3 Å². The molecule has 0 bridgehead atoms. The van der Waals surface area contributed by atoms with E-state index in [4.69, 9.17) is 29.1 Å². The van der Waals surface area contributed by atoms with Gasteiger partial charge in [0.2, 0.25) is 6.29 Å². The minimum atomic E-state index is -1.52. The van der Waals surface area contributed by atoms with Crippen LogP contribution in [0.4, 0.5) is 10.5 Å². The number of ether oxygens (including phenoxy) is 4. The maximum atomic E-state index is 13.0. The van der Waals surface area contributed by atoms with Crippen molar-refractivity contribution in [3.05, 3.63) is 69.1 Å². The first kappa shape index (κ1) is 35.9. The Kier molecular flexibility index (Phi) is 11.3. The minimum Gasteiger partial charge on any atom is -0.872 e. The van der Waals surface area contributed by atoms with Gasteiger partial charge in [0, 0.05) is 18.2 Å². The Balaban J connectivity index is 0.00000552. The Hall–Kier alpha value is -3.59. The normalized spacial score (nSPS) is 20.5. The summed E-state index contributed by atoms with van der Waals surface area (Å²) in [6.45, 7) is 8.63. The van der Waals surface area contributed by atoms with Crippen LogP contribution in [0.2, 0.25) is 0 Å². The van der Waals surface area contributed by atoms with Gasteiger partial charge in [-0.3, -0.25) is 4.79 Å². The summed E-state index contributed by atoms with van der Waals surface area (Å²) in [6, 6.07) is 6.87. The van der Waals surface area contributed by atoms with Crippen LogP contribution in [-0.2, 0) is 20.6 Å². The van der Waals surface area contributed by atoms with E-state index >= 15 is 0 Å². The molecule has 3 aromatic rings. The number of aliphatic hydroxyl groups excluding tert-OH is 1. The van der Waals surface area contributed by atoms with Crippen molar-refractivity contribution in [2.75, 3.05) is 12.4 Å². The standard InChI is InChI=1S/C31H36N2O11.Na/c1-14(2)7-8-16-13-17(9-11-19(16)34)27(37)33-21-22(35)18-10-12-20(15(3)24(18)42-28(21)38)41-29-23(36)25(43-30(32)39)26(40-6)31(4,5)44-29;/h7,9-13,23,25-26,29,34-36H,8H2,1-6H3,(H2,32,39)(H,33,37);/q;+1/p-1/t23-,25+,26-,29+;/m1./s1. The monoisotopic (exact) mass is 634 g/mol. The summed E-state index contributed by atoms with van der Waals surface area (Å²) in [5.74, 6) is -1.38. The number of hydrogen-bond acceptors (Lipinski definition) is 11. The Bertz CT molecular complexity index is 1680. The van der Waals surface area contributed by atoms with Gasteiger partial charge < -0.3 is 49.7 Å². The van der Waals surface area contributed by atoms with Crippen LogP contribution in [-0.4, -0.2) is 59.5 Å². The Morgan fingerprint density at radius 3 is 2.51 bits per heavy atom. The first-order valence-electron chi connectivity index (χ1n) is 13.7. The maximum absolute atomic E-state index is 13.0. The zero-order valence-corrected chi connectivity index (χ0v) is 28.1. The number of allylic oxidation sites excluding steroid dienone is 2. The van der Waals surface area contributed by atoms with Gasteiger partial charge in [0.05, 0.1) is 11.0 Å². The predicted octanol–water partition coefficient (Wildman–Crippen LogP) is -0.000880. The van der Waals surface area contributed by atoms with Crippen LogP contribution in [0.15, 0.2) is 51.2 Å². The SMILES string of the molecule is CO[C@@H]1[C@@H](OC(N)=O)[C@@H](O)[C@@H](Oc2ccc3c(O)c(NC(=O)c4ccc([O-])c(CC=C(C)C)c4)c(=O)oc3c2C)OC1(C)C.[Na+]. The molecular formula is C31H35N2NaO11. The summed E-state index contributed by atoms with van der Waals surface area (Å²) in [7, 11) is 1.37. The minimum absolute atomic E-state index is 0. The van der Waals surface area contributed by atoms with E-state index in [0.29, 0.717) is 12.0 Å². The second-order valence-corrected chi connectivity index (χ2v) is 11.2. The van der Waals surface area contributed by atoms with E-state index in [1.54, 1.807) is 20.8 Å². The number of rotatable bonds is 8. The molecule has 0 aliphatic carbocycles. The number of amides is 2. The number of aromatic hydroxyl groups is 1. The van der Waals surface area contributed by atoms with E-state index in [1.807, 2.05) is 19.9 Å². The second kappa shape index (κ2) is 14.2. The van der Waals surface area contributed by atoms with Crippen LogP contribution in [0.1, 0.15) is 49.2 Å². The first-order valence-corrected chi connectivity index (χ1v) is 13.7. The molecule has 5 N–H and O–H groups in total. The number of carbonyl (C=O) groups excluding carboxylic acids is 2. The number of fused-ring (bicyclic) bond motifs is 1. The molecule has 4 rings (SSSR count). The van der Waals surface area contributed by atoms with Gasteiger partial charge in [0.15, 0.2) is 23.6 Å². The molecule has 14 heteroatoms. The number of primary amides is 1. The molecule has 1 saturated heterocycles. The smallest absolute Gasteiger partial charge is 0.872 e. The third-order valence-corrected chi connectivity index (χ3v) is 7.31. The molecule has 2 heterocycles. The number of hydrogen-bond donors (Lipinski definition) is 4. The van der Waals surface area contributed by atoms with Crippen molar-refractivity contribution in [1.29, 1.82) is 0 Å². The van der Waals surface area contributed by atoms with Crippen molar-refractivity contribution in [3.63, 3.8) is 0 Å². The number of carbonyl (C=O) groups is 2. The van der Waals surface area contributed by atoms with Crippen LogP contribution >= 0.6 is 0 Å². The van der Waals surface area contributed by atoms with Crippen molar-refractivity contribution in [2.24, 2.45) is 5.73 Å². The number of aryl methyl sites for hydroxylation is 1. The van der Waals surface area contributed by atoms with Crippen LogP contribution < -0.4 is 56.1 Å². The molecule has 0 unspecified atom stereocenters. The van der Waals surface area contributed by atoms with Crippen molar-refractivity contribution in [3.8, 4) is 17.2 Å². The molecule has 1 fully saturated rings. The molecule has 2 aromatic carbocycles. The number of aliphatic hydroxyl groups is 1. The van der Waals surface area contributed by atoms with Crippen LogP contribution in [0, 0.1) is 6.92 Å². The zero-order valence-electron chi connectivity index (χ0n) is 26.1. The molecule has 0 spiro atoms. The van der Waals surface area contributed by atoms with Gasteiger partial charge in [-0.05, 0) is 59.2 Å². The molecule has 4 atom stereocenters. The van der Waals surface area contributed by atoms with Crippen molar-refractivity contribution >= 4 is 28.7 Å². The van der Waals surface area contributed by atoms with Gasteiger partial charge in [0.25, 0.3) is 5.91 Å². The first-order chi connectivity index (χ1) is 20.6. The van der Waals surface area contributed by atoms with Crippen molar-refractivity contribution in [2.45, 2.75) is 71.2 Å². The number of methoxy groups -OCH3 is 1. The Morgan fingerprint density at radius 2 is 1.89 bits per heavy atom. The van der Waals surface area contributed by atoms with Gasteiger partial charge >= 0.3 is 41.3 Å². The molecule has 2 amide bonds. The van der Waals surface area contributed by atoms with Crippen LogP contribution in [0.25, 0.3) is 11.0 Å². The van der Waals surface area contributed by atoms with Crippen molar-refractivity contribution in [1.82, 2.24) is 0 Å². The van der Waals surface area contributed by atoms with Crippen molar-refractivity contribution < 1.29 is 77.8 Å². The average molecular weight is 635 g/mol. The molecule has 1 aliphatic rings. The number of benzene rings is 2. The van der Waals surface area contributed by atoms with E-state index in [0.717, 1.165) is 5.57 Å². The molecular weight excluding hydrogens is 599 g/mol. The molecule has 1 aromatic heterocycles. The Labute approximate surface area is 281 Å². The molecule has 0 radical (unpaired) electrons. The third kappa shape index (κ3) is 7.63. The number of anilines is 1. The largest absolute Gasteiger partial charge is 1.00 e. The maximum Gasteiger partial charge on any atom is 1.00 e. The fraction of sp³-hybridized carbons (Fsp3) is 0.387. The summed E-state index contributed by atoms with van der Waals surface area (Å²) in [5, 5.41) is 36.6. The molecule has 13 nitrogen and oxygen atoms in total. The van der Waals surface area contributed by atoms with Gasteiger partial charge in [-0.15, -0.1) is 5.75 Å². The third-order valence-electron chi connectivity index (χ3n) is 7.31. The topological polar surface area (TPSA) is 203 Å². The summed E-state index contributed by atoms with van der Waals surface area (Å²) in [4.78, 5) is 37.5. The number of nitrogens with two attached hydrogens (primary N) is 1. The van der Waals surface area contributed by atoms with Crippen LogP contribution in [0.3, 0.4) is 0 Å². The fourth-order valence-electron chi connectivity index (χ4n) is 5.05. The van der Waals surface area contributed by atoms with E-state index in [-0.39, 0.29) is 63.2 Å². The summed E-state index contributed by atoms with van der Waals surface area (Å²) >= 11 is 0. The summed E-state index contributed by atoms with van der Waals surface area (Å²) < 4.78 is 27.8. The zero-order chi connectivity index (χ0) is 32.5. The van der Waals surface area contributed by atoms with E-state index in [1.165, 1.54) is 37.4 Å². The van der Waals surface area contributed by atoms with Crippen LogP contribution in [0.5, 0.6) is 17.2 Å². The summed E-state index contributed by atoms with van der Waals surface area (Å²) in [5.41, 5.74) is 4.31. The summed E-state index contributed by atoms with van der Waals surface area (Å²) in [6.07, 6.45) is -3.93. The van der Waals surface area contributed by atoms with Gasteiger partial charge in [-0.25, -0.2) is 9.59 Å². The Morgan fingerprint density at radius 1 is 1.20 bits per heavy atom. The molecule has 0 saturated carbocycles. The van der Waals surface area contributed by atoms with Gasteiger partial charge in [0.1, 0.15) is 17.4 Å². The van der Waals surface area contributed by atoms with E-state index < -0.39 is 59.3 Å². The van der Waals surface area contributed by atoms with E-state index in [2.05, 4.69) is 5.32 Å². The van der Waals surface area contributed by atoms with E-state index in [9.17, 15) is 29.7 Å². The van der Waals surface area contributed by atoms with Gasteiger partial charge in [-0.2, -0.15) is 0 Å². The predicted molar refractivity (Wildman–Crippen MR) is 157 cm³/mol.